The Morgan fingerprint density at radius 1 is 1.07 bits per heavy atom. The van der Waals surface area contributed by atoms with Gasteiger partial charge < -0.3 is 9.47 Å². The van der Waals surface area contributed by atoms with Gasteiger partial charge in [-0.05, 0) is 49.6 Å². The number of benzene rings is 2. The normalized spacial score (nSPS) is 19.1. The van der Waals surface area contributed by atoms with E-state index in [4.69, 9.17) is 9.47 Å². The molecule has 3 aromatic rings. The summed E-state index contributed by atoms with van der Waals surface area (Å²) in [6.45, 7) is 5.41. The number of thiazole rings is 1. The molecule has 5 rings (SSSR count). The molecule has 2 aliphatic rings. The quantitative estimate of drug-likeness (QED) is 0.609. The standard InChI is InChI=1S/C23H24N2O2S/c1-16-15-28-23(24-16)18-6-4-17(5-7-18)14-25-10-2-3-20(25)19-8-9-21-22(13-19)27-12-11-26-21/h4-9,13,15,20H,2-3,10-12,14H2,1H3/t20-/m1/s1. The van der Waals surface area contributed by atoms with Crippen molar-refractivity contribution >= 4 is 11.3 Å². The third-order valence-corrected chi connectivity index (χ3v) is 6.53. The van der Waals surface area contributed by atoms with Gasteiger partial charge in [-0.2, -0.15) is 0 Å². The van der Waals surface area contributed by atoms with Gasteiger partial charge in [-0.3, -0.25) is 4.90 Å². The summed E-state index contributed by atoms with van der Waals surface area (Å²) in [5, 5.41) is 3.20. The van der Waals surface area contributed by atoms with Gasteiger partial charge in [0.25, 0.3) is 0 Å². The number of likely N-dealkylation sites (tertiary alicyclic amines) is 1. The molecule has 4 nitrogen and oxygen atoms in total. The van der Waals surface area contributed by atoms with Crippen LogP contribution in [0.1, 0.15) is 35.7 Å². The lowest BCUT2D eigenvalue weighted by Crippen LogP contribution is -2.23. The number of fused-ring (bicyclic) bond motifs is 1. The van der Waals surface area contributed by atoms with Crippen LogP contribution in [-0.4, -0.2) is 29.6 Å². The lowest BCUT2D eigenvalue weighted by atomic mass is 10.0. The number of aromatic nitrogens is 1. The highest BCUT2D eigenvalue weighted by Gasteiger charge is 2.27. The molecule has 0 aliphatic carbocycles. The van der Waals surface area contributed by atoms with Gasteiger partial charge in [-0.1, -0.05) is 30.3 Å². The van der Waals surface area contributed by atoms with Gasteiger partial charge in [0.15, 0.2) is 11.5 Å². The highest BCUT2D eigenvalue weighted by Crippen LogP contribution is 2.38. The Morgan fingerprint density at radius 3 is 2.68 bits per heavy atom. The van der Waals surface area contributed by atoms with Crippen molar-refractivity contribution in [2.24, 2.45) is 0 Å². The summed E-state index contributed by atoms with van der Waals surface area (Å²) in [4.78, 5) is 7.16. The molecule has 2 aliphatic heterocycles. The zero-order valence-corrected chi connectivity index (χ0v) is 16.9. The van der Waals surface area contributed by atoms with Crippen LogP contribution in [0.25, 0.3) is 10.6 Å². The molecule has 1 fully saturated rings. The van der Waals surface area contributed by atoms with Crippen molar-refractivity contribution in [3.05, 3.63) is 64.7 Å². The lowest BCUT2D eigenvalue weighted by molar-refractivity contribution is 0.170. The van der Waals surface area contributed by atoms with Crippen LogP contribution in [0.15, 0.2) is 47.8 Å². The average Bonchev–Trinajstić information content (AvgIpc) is 3.37. The SMILES string of the molecule is Cc1csc(-c2ccc(CN3CCC[C@@H]3c3ccc4c(c3)OCCO4)cc2)n1. The minimum absolute atomic E-state index is 0.442. The molecular formula is C23H24N2O2S. The summed E-state index contributed by atoms with van der Waals surface area (Å²) >= 11 is 1.71. The number of rotatable bonds is 4. The fourth-order valence-corrected chi connectivity index (χ4v) is 4.94. The number of hydrogen-bond donors (Lipinski definition) is 0. The molecule has 28 heavy (non-hydrogen) atoms. The summed E-state index contributed by atoms with van der Waals surface area (Å²) in [7, 11) is 0. The molecule has 2 aromatic carbocycles. The molecule has 0 bridgehead atoms. The van der Waals surface area contributed by atoms with E-state index in [-0.39, 0.29) is 0 Å². The van der Waals surface area contributed by atoms with E-state index in [9.17, 15) is 0 Å². The smallest absolute Gasteiger partial charge is 0.161 e. The molecule has 144 valence electrons. The molecule has 1 aromatic heterocycles. The molecule has 0 saturated carbocycles. The molecular weight excluding hydrogens is 368 g/mol. The van der Waals surface area contributed by atoms with Crippen LogP contribution >= 0.6 is 11.3 Å². The summed E-state index contributed by atoms with van der Waals surface area (Å²) in [5.41, 5.74) is 4.97. The van der Waals surface area contributed by atoms with E-state index in [0.29, 0.717) is 19.3 Å². The van der Waals surface area contributed by atoms with Crippen LogP contribution in [0.5, 0.6) is 11.5 Å². The van der Waals surface area contributed by atoms with E-state index in [2.05, 4.69) is 57.7 Å². The van der Waals surface area contributed by atoms with Gasteiger partial charge in [0, 0.05) is 29.2 Å². The van der Waals surface area contributed by atoms with Crippen LogP contribution < -0.4 is 9.47 Å². The summed E-state index contributed by atoms with van der Waals surface area (Å²) in [6, 6.07) is 15.8. The molecule has 1 saturated heterocycles. The first kappa shape index (κ1) is 17.7. The third-order valence-electron chi connectivity index (χ3n) is 5.52. The fraction of sp³-hybridized carbons (Fsp3) is 0.348. The van der Waals surface area contributed by atoms with Crippen LogP contribution in [0.3, 0.4) is 0 Å². The van der Waals surface area contributed by atoms with Gasteiger partial charge in [0.2, 0.25) is 0 Å². The van der Waals surface area contributed by atoms with Gasteiger partial charge in [-0.25, -0.2) is 4.98 Å². The maximum Gasteiger partial charge on any atom is 0.161 e. The van der Waals surface area contributed by atoms with E-state index >= 15 is 0 Å². The van der Waals surface area contributed by atoms with Crippen molar-refractivity contribution in [2.75, 3.05) is 19.8 Å². The molecule has 0 radical (unpaired) electrons. The minimum Gasteiger partial charge on any atom is -0.486 e. The van der Waals surface area contributed by atoms with Crippen LogP contribution in [-0.2, 0) is 6.54 Å². The first-order valence-electron chi connectivity index (χ1n) is 9.91. The predicted molar refractivity (Wildman–Crippen MR) is 112 cm³/mol. The molecule has 0 unspecified atom stereocenters. The number of ether oxygens (including phenoxy) is 2. The van der Waals surface area contributed by atoms with Crippen molar-refractivity contribution in [2.45, 2.75) is 32.4 Å². The molecule has 5 heteroatoms. The Bertz CT molecular complexity index is 967. The van der Waals surface area contributed by atoms with Crippen molar-refractivity contribution < 1.29 is 9.47 Å². The van der Waals surface area contributed by atoms with E-state index in [1.807, 2.05) is 6.92 Å². The highest BCUT2D eigenvalue weighted by atomic mass is 32.1. The first-order chi connectivity index (χ1) is 13.8. The van der Waals surface area contributed by atoms with E-state index in [1.54, 1.807) is 11.3 Å². The Morgan fingerprint density at radius 2 is 1.89 bits per heavy atom. The number of nitrogens with zero attached hydrogens (tertiary/aromatic N) is 2. The highest BCUT2D eigenvalue weighted by molar-refractivity contribution is 7.13. The van der Waals surface area contributed by atoms with Crippen molar-refractivity contribution in [3.8, 4) is 22.1 Å². The molecule has 1 atom stereocenters. The molecule has 0 N–H and O–H groups in total. The van der Waals surface area contributed by atoms with E-state index in [0.717, 1.165) is 35.3 Å². The largest absolute Gasteiger partial charge is 0.486 e. The topological polar surface area (TPSA) is 34.6 Å². The van der Waals surface area contributed by atoms with Crippen molar-refractivity contribution in [3.63, 3.8) is 0 Å². The number of aryl methyl sites for hydroxylation is 1. The first-order valence-corrected chi connectivity index (χ1v) is 10.8. The predicted octanol–water partition coefficient (Wildman–Crippen LogP) is 5.23. The Hall–Kier alpha value is -2.37. The van der Waals surface area contributed by atoms with Crippen LogP contribution in [0.2, 0.25) is 0 Å². The average molecular weight is 393 g/mol. The van der Waals surface area contributed by atoms with Gasteiger partial charge in [0.1, 0.15) is 18.2 Å². The van der Waals surface area contributed by atoms with Gasteiger partial charge >= 0.3 is 0 Å². The van der Waals surface area contributed by atoms with Gasteiger partial charge in [0.05, 0.1) is 0 Å². The van der Waals surface area contributed by atoms with Gasteiger partial charge in [-0.15, -0.1) is 11.3 Å². The van der Waals surface area contributed by atoms with E-state index < -0.39 is 0 Å². The van der Waals surface area contributed by atoms with Crippen LogP contribution in [0, 0.1) is 6.92 Å². The zero-order chi connectivity index (χ0) is 18.9. The monoisotopic (exact) mass is 392 g/mol. The maximum atomic E-state index is 5.79. The summed E-state index contributed by atoms with van der Waals surface area (Å²) < 4.78 is 11.5. The minimum atomic E-state index is 0.442. The molecule has 3 heterocycles. The Labute approximate surface area is 169 Å². The lowest BCUT2D eigenvalue weighted by Gasteiger charge is -2.26. The van der Waals surface area contributed by atoms with E-state index in [1.165, 1.54) is 29.5 Å². The Kier molecular flexibility index (Phi) is 4.79. The third kappa shape index (κ3) is 3.52. The zero-order valence-electron chi connectivity index (χ0n) is 16.1. The summed E-state index contributed by atoms with van der Waals surface area (Å²) in [5.74, 6) is 1.76. The second-order valence-electron chi connectivity index (χ2n) is 7.52. The Balaban J connectivity index is 1.32. The fourth-order valence-electron chi connectivity index (χ4n) is 4.13. The van der Waals surface area contributed by atoms with Crippen LogP contribution in [0.4, 0.5) is 0 Å². The molecule has 0 spiro atoms. The summed E-state index contributed by atoms with van der Waals surface area (Å²) in [6.07, 6.45) is 2.42. The number of hydrogen-bond acceptors (Lipinski definition) is 5. The maximum absolute atomic E-state index is 5.79. The van der Waals surface area contributed by atoms with Crippen molar-refractivity contribution in [1.29, 1.82) is 0 Å². The second kappa shape index (κ2) is 7.57. The molecule has 0 amide bonds. The van der Waals surface area contributed by atoms with Crippen molar-refractivity contribution in [1.82, 2.24) is 9.88 Å². The second-order valence-corrected chi connectivity index (χ2v) is 8.38.